The number of thioether (sulfide) groups is 1. The Balaban J connectivity index is 2.23. The molecule has 2 bridgehead atoms. The Bertz CT molecular complexity index is 553. The number of hydrogen-bond donors (Lipinski definition) is 0. The number of aryl methyl sites for hydroxylation is 1. The van der Waals surface area contributed by atoms with Crippen molar-refractivity contribution >= 4 is 27.7 Å². The molecular formula is C14H21BrN2O2S. The molecule has 0 atom stereocenters. The van der Waals surface area contributed by atoms with Gasteiger partial charge in [-0.15, -0.1) is 0 Å². The second-order valence-electron chi connectivity index (χ2n) is 5.14. The van der Waals surface area contributed by atoms with Crippen molar-refractivity contribution < 1.29 is 0 Å². The highest BCUT2D eigenvalue weighted by atomic mass is 79.9. The lowest BCUT2D eigenvalue weighted by Gasteiger charge is -2.12. The second kappa shape index (κ2) is 8.08. The molecule has 6 heteroatoms. The topological polar surface area (TPSA) is 44.0 Å². The molecule has 0 fully saturated rings. The van der Waals surface area contributed by atoms with Gasteiger partial charge in [-0.25, -0.2) is 4.79 Å². The van der Waals surface area contributed by atoms with Crippen molar-refractivity contribution in [2.24, 2.45) is 0 Å². The van der Waals surface area contributed by atoms with Crippen LogP contribution in [0.5, 0.6) is 0 Å². The third-order valence-corrected chi connectivity index (χ3v) is 5.25. The zero-order valence-electron chi connectivity index (χ0n) is 11.6. The number of hydrogen-bond acceptors (Lipinski definition) is 3. The van der Waals surface area contributed by atoms with E-state index in [9.17, 15) is 9.59 Å². The first-order valence-electron chi connectivity index (χ1n) is 7.27. The van der Waals surface area contributed by atoms with Crippen LogP contribution in [-0.4, -0.2) is 20.6 Å². The fourth-order valence-electron chi connectivity index (χ4n) is 2.39. The van der Waals surface area contributed by atoms with E-state index < -0.39 is 0 Å². The van der Waals surface area contributed by atoms with Gasteiger partial charge < -0.3 is 0 Å². The third kappa shape index (κ3) is 4.25. The summed E-state index contributed by atoms with van der Waals surface area (Å²) in [6, 6.07) is 0. The highest BCUT2D eigenvalue weighted by Gasteiger charge is 2.09. The minimum absolute atomic E-state index is 0.162. The van der Waals surface area contributed by atoms with E-state index in [0.29, 0.717) is 17.6 Å². The maximum absolute atomic E-state index is 12.3. The number of rotatable bonds is 0. The molecule has 0 N–H and O–H groups in total. The van der Waals surface area contributed by atoms with E-state index in [1.165, 1.54) is 28.9 Å². The van der Waals surface area contributed by atoms with Gasteiger partial charge in [0, 0.05) is 19.3 Å². The van der Waals surface area contributed by atoms with Crippen molar-refractivity contribution in [3.63, 3.8) is 0 Å². The Hall–Kier alpha value is -0.490. The summed E-state index contributed by atoms with van der Waals surface area (Å²) in [5.74, 6) is 2.41. The molecule has 0 radical (unpaired) electrons. The van der Waals surface area contributed by atoms with E-state index >= 15 is 0 Å². The summed E-state index contributed by atoms with van der Waals surface area (Å²) in [4.78, 5) is 24.4. The molecular weight excluding hydrogens is 340 g/mol. The van der Waals surface area contributed by atoms with Crippen LogP contribution in [0.3, 0.4) is 0 Å². The van der Waals surface area contributed by atoms with Gasteiger partial charge in [0.25, 0.3) is 5.56 Å². The maximum Gasteiger partial charge on any atom is 0.331 e. The summed E-state index contributed by atoms with van der Waals surface area (Å²) < 4.78 is 3.53. The van der Waals surface area contributed by atoms with E-state index in [0.717, 1.165) is 25.7 Å². The lowest BCUT2D eigenvalue weighted by atomic mass is 10.2. The quantitative estimate of drug-likeness (QED) is 0.714. The minimum atomic E-state index is -0.201. The van der Waals surface area contributed by atoms with Gasteiger partial charge in [-0.1, -0.05) is 12.8 Å². The van der Waals surface area contributed by atoms with E-state index in [4.69, 9.17) is 0 Å². The van der Waals surface area contributed by atoms with Crippen LogP contribution in [0.1, 0.15) is 38.5 Å². The molecule has 2 heterocycles. The molecule has 0 aliphatic carbocycles. The Labute approximate surface area is 131 Å². The normalized spacial score (nSPS) is 18.4. The van der Waals surface area contributed by atoms with E-state index in [-0.39, 0.29) is 11.2 Å². The molecule has 112 valence electrons. The van der Waals surface area contributed by atoms with Gasteiger partial charge in [0.15, 0.2) is 0 Å². The van der Waals surface area contributed by atoms with Crippen molar-refractivity contribution in [1.82, 2.24) is 9.13 Å². The number of nitrogens with zero attached hydrogens (tertiary/aromatic N) is 2. The average Bonchev–Trinajstić information content (AvgIpc) is 2.43. The van der Waals surface area contributed by atoms with E-state index in [2.05, 4.69) is 15.9 Å². The molecule has 0 amide bonds. The molecule has 0 unspecified atom stereocenters. The summed E-state index contributed by atoms with van der Waals surface area (Å²) in [6.07, 6.45) is 8.11. The van der Waals surface area contributed by atoms with Gasteiger partial charge >= 0.3 is 5.69 Å². The summed E-state index contributed by atoms with van der Waals surface area (Å²) >= 11 is 5.30. The minimum Gasteiger partial charge on any atom is -0.299 e. The average molecular weight is 361 g/mol. The van der Waals surface area contributed by atoms with Gasteiger partial charge in [-0.3, -0.25) is 13.9 Å². The van der Waals surface area contributed by atoms with Crippen LogP contribution in [0.2, 0.25) is 0 Å². The lowest BCUT2D eigenvalue weighted by molar-refractivity contribution is 0.501. The zero-order valence-corrected chi connectivity index (χ0v) is 14.0. The number of fused-ring (bicyclic) bond motifs is 2. The first-order chi connectivity index (χ1) is 9.70. The fourth-order valence-corrected chi connectivity index (χ4v) is 3.87. The van der Waals surface area contributed by atoms with Crippen molar-refractivity contribution in [3.05, 3.63) is 31.5 Å². The molecule has 20 heavy (non-hydrogen) atoms. The molecule has 1 aliphatic rings. The Morgan fingerprint density at radius 1 is 0.950 bits per heavy atom. The van der Waals surface area contributed by atoms with Crippen molar-refractivity contribution in [2.75, 3.05) is 11.5 Å². The van der Waals surface area contributed by atoms with Crippen LogP contribution in [-0.2, 0) is 13.1 Å². The number of aromatic nitrogens is 2. The molecule has 0 aromatic carbocycles. The second-order valence-corrected chi connectivity index (χ2v) is 7.22. The summed E-state index contributed by atoms with van der Waals surface area (Å²) in [5.41, 5.74) is -0.364. The third-order valence-electron chi connectivity index (χ3n) is 3.55. The summed E-state index contributed by atoms with van der Waals surface area (Å²) in [6.45, 7) is 1.23. The van der Waals surface area contributed by atoms with Crippen LogP contribution in [0, 0.1) is 0 Å². The van der Waals surface area contributed by atoms with E-state index in [1.807, 2.05) is 11.8 Å². The smallest absolute Gasteiger partial charge is 0.299 e. The van der Waals surface area contributed by atoms with Gasteiger partial charge in [-0.05, 0) is 53.1 Å². The van der Waals surface area contributed by atoms with Crippen molar-refractivity contribution in [2.45, 2.75) is 51.6 Å². The molecule has 0 saturated carbocycles. The summed E-state index contributed by atoms with van der Waals surface area (Å²) in [5, 5.41) is 0. The molecule has 0 saturated heterocycles. The van der Waals surface area contributed by atoms with Crippen LogP contribution < -0.4 is 11.2 Å². The van der Waals surface area contributed by atoms with Gasteiger partial charge in [0.1, 0.15) is 0 Å². The lowest BCUT2D eigenvalue weighted by Crippen LogP contribution is -2.40. The first kappa shape index (κ1) is 15.9. The predicted molar refractivity (Wildman–Crippen MR) is 87.7 cm³/mol. The molecule has 0 spiro atoms. The highest BCUT2D eigenvalue weighted by Crippen LogP contribution is 2.11. The molecule has 1 aliphatic heterocycles. The monoisotopic (exact) mass is 360 g/mol. The standard InChI is InChI=1S/C14H21BrN2O2S/c15-12-11-16-7-3-1-5-9-20-10-6-2-4-8-17(13(12)18)14(16)19/h11H,1-10H2. The van der Waals surface area contributed by atoms with Crippen molar-refractivity contribution in [1.29, 1.82) is 0 Å². The Morgan fingerprint density at radius 2 is 1.60 bits per heavy atom. The SMILES string of the molecule is O=c1c(Br)cn2c(=O)n1CCCCCSCCCCC2. The predicted octanol–water partition coefficient (Wildman–Crippen LogP) is 2.86. The molecule has 4 nitrogen and oxygen atoms in total. The molecule has 2 rings (SSSR count). The molecule has 1 aromatic heterocycles. The summed E-state index contributed by atoms with van der Waals surface area (Å²) in [7, 11) is 0. The van der Waals surface area contributed by atoms with Crippen LogP contribution in [0.15, 0.2) is 20.3 Å². The zero-order chi connectivity index (χ0) is 14.4. The van der Waals surface area contributed by atoms with Crippen LogP contribution in [0.4, 0.5) is 0 Å². The van der Waals surface area contributed by atoms with Gasteiger partial charge in [0.2, 0.25) is 0 Å². The maximum atomic E-state index is 12.3. The highest BCUT2D eigenvalue weighted by molar-refractivity contribution is 9.10. The molecule has 1 aromatic rings. The van der Waals surface area contributed by atoms with E-state index in [1.54, 1.807) is 10.8 Å². The largest absolute Gasteiger partial charge is 0.331 e. The van der Waals surface area contributed by atoms with Gasteiger partial charge in [-0.2, -0.15) is 11.8 Å². The number of halogens is 1. The van der Waals surface area contributed by atoms with Crippen LogP contribution in [0.25, 0.3) is 0 Å². The fraction of sp³-hybridized carbons (Fsp3) is 0.714. The van der Waals surface area contributed by atoms with Gasteiger partial charge in [0.05, 0.1) is 4.47 Å². The van der Waals surface area contributed by atoms with Crippen LogP contribution >= 0.6 is 27.7 Å². The van der Waals surface area contributed by atoms with Crippen molar-refractivity contribution in [3.8, 4) is 0 Å². The first-order valence-corrected chi connectivity index (χ1v) is 9.22. The Morgan fingerprint density at radius 3 is 2.30 bits per heavy atom. The Kier molecular flexibility index (Phi) is 6.42.